The summed E-state index contributed by atoms with van der Waals surface area (Å²) in [5, 5.41) is 10.4. The van der Waals surface area contributed by atoms with Crippen LogP contribution >= 0.6 is 24.0 Å². The van der Waals surface area contributed by atoms with Crippen LogP contribution in [0.5, 0.6) is 0 Å². The molecule has 2 rings (SSSR count). The van der Waals surface area contributed by atoms with E-state index in [1.807, 2.05) is 30.3 Å². The lowest BCUT2D eigenvalue weighted by molar-refractivity contribution is -0.305. The molecule has 1 amide bonds. The third-order valence-corrected chi connectivity index (χ3v) is 4.11. The Hall–Kier alpha value is -1.66. The van der Waals surface area contributed by atoms with Gasteiger partial charge < -0.3 is 9.90 Å². The van der Waals surface area contributed by atoms with Gasteiger partial charge in [-0.05, 0) is 24.5 Å². The number of hydrogen-bond donors (Lipinski definition) is 0. The van der Waals surface area contributed by atoms with Gasteiger partial charge in [-0.25, -0.2) is 0 Å². The summed E-state index contributed by atoms with van der Waals surface area (Å²) in [5.41, 5.74) is 0.933. The summed E-state index contributed by atoms with van der Waals surface area (Å²) in [6.45, 7) is 0.310. The van der Waals surface area contributed by atoms with Crippen molar-refractivity contribution in [2.45, 2.75) is 12.8 Å². The van der Waals surface area contributed by atoms with Crippen molar-refractivity contribution in [3.63, 3.8) is 0 Å². The van der Waals surface area contributed by atoms with E-state index in [0.29, 0.717) is 22.2 Å². The Balaban J connectivity index is 2.05. The number of amides is 1. The van der Waals surface area contributed by atoms with Crippen LogP contribution in [0.15, 0.2) is 35.2 Å². The summed E-state index contributed by atoms with van der Waals surface area (Å²) < 4.78 is 0.468. The van der Waals surface area contributed by atoms with Gasteiger partial charge >= 0.3 is 0 Å². The van der Waals surface area contributed by atoms with Gasteiger partial charge in [-0.1, -0.05) is 54.3 Å². The van der Waals surface area contributed by atoms with E-state index < -0.39 is 5.97 Å². The molecule has 20 heavy (non-hydrogen) atoms. The molecular weight excluding hydrogens is 294 g/mol. The number of nitrogens with zero attached hydrogens (tertiary/aromatic N) is 1. The lowest BCUT2D eigenvalue weighted by Crippen LogP contribution is -2.30. The molecular formula is C14H12NO3S2-. The van der Waals surface area contributed by atoms with Crippen LogP contribution in [0.4, 0.5) is 0 Å². The minimum atomic E-state index is -1.12. The summed E-state index contributed by atoms with van der Waals surface area (Å²) >= 11 is 6.40. The van der Waals surface area contributed by atoms with Crippen LogP contribution in [0.25, 0.3) is 6.08 Å². The van der Waals surface area contributed by atoms with Crippen LogP contribution in [-0.4, -0.2) is 27.6 Å². The Bertz CT molecular complexity index is 569. The van der Waals surface area contributed by atoms with Crippen molar-refractivity contribution in [2.24, 2.45) is 0 Å². The predicted octanol–water partition coefficient (Wildman–Crippen LogP) is 1.42. The molecule has 1 aromatic rings. The molecule has 1 heterocycles. The molecule has 104 valence electrons. The van der Waals surface area contributed by atoms with E-state index in [0.717, 1.165) is 5.56 Å². The van der Waals surface area contributed by atoms with E-state index in [9.17, 15) is 14.7 Å². The van der Waals surface area contributed by atoms with Gasteiger partial charge in [-0.3, -0.25) is 9.69 Å². The second kappa shape index (κ2) is 6.67. The topological polar surface area (TPSA) is 60.4 Å². The number of hydrogen-bond acceptors (Lipinski definition) is 5. The fourth-order valence-corrected chi connectivity index (χ4v) is 3.08. The molecule has 0 atom stereocenters. The first kappa shape index (κ1) is 14.7. The number of carboxylic acids is 1. The van der Waals surface area contributed by atoms with Gasteiger partial charge in [0, 0.05) is 12.5 Å². The molecule has 0 aliphatic carbocycles. The van der Waals surface area contributed by atoms with Gasteiger partial charge in [0.25, 0.3) is 5.91 Å². The van der Waals surface area contributed by atoms with Crippen molar-refractivity contribution in [3.05, 3.63) is 40.8 Å². The zero-order valence-electron chi connectivity index (χ0n) is 10.6. The predicted molar refractivity (Wildman–Crippen MR) is 80.6 cm³/mol. The van der Waals surface area contributed by atoms with Crippen molar-refractivity contribution < 1.29 is 14.7 Å². The fourth-order valence-electron chi connectivity index (χ4n) is 1.77. The largest absolute Gasteiger partial charge is 0.550 e. The molecule has 6 heteroatoms. The normalized spacial score (nSPS) is 17.0. The summed E-state index contributed by atoms with van der Waals surface area (Å²) in [6.07, 6.45) is 2.06. The van der Waals surface area contributed by atoms with E-state index >= 15 is 0 Å². The first-order valence-electron chi connectivity index (χ1n) is 6.08. The Morgan fingerprint density at radius 3 is 2.70 bits per heavy atom. The summed E-state index contributed by atoms with van der Waals surface area (Å²) in [7, 11) is 0. The maximum absolute atomic E-state index is 12.2. The summed E-state index contributed by atoms with van der Waals surface area (Å²) in [6, 6.07) is 9.51. The number of carbonyl (C=O) groups excluding carboxylic acids is 2. The lowest BCUT2D eigenvalue weighted by atomic mass is 10.2. The number of thiocarbonyl (C=S) groups is 1. The minimum Gasteiger partial charge on any atom is -0.550 e. The third-order valence-electron chi connectivity index (χ3n) is 2.73. The summed E-state index contributed by atoms with van der Waals surface area (Å²) in [5.74, 6) is -1.28. The van der Waals surface area contributed by atoms with Crippen LogP contribution in [0.3, 0.4) is 0 Å². The van der Waals surface area contributed by atoms with Crippen LogP contribution in [0.2, 0.25) is 0 Å². The second-order valence-electron chi connectivity index (χ2n) is 4.22. The number of carbonyl (C=O) groups is 2. The minimum absolute atomic E-state index is 0.0746. The molecule has 0 radical (unpaired) electrons. The van der Waals surface area contributed by atoms with Crippen LogP contribution in [0, 0.1) is 0 Å². The number of carboxylic acid groups (broad SMARTS) is 1. The Morgan fingerprint density at radius 2 is 2.05 bits per heavy atom. The van der Waals surface area contributed by atoms with Gasteiger partial charge in [-0.15, -0.1) is 0 Å². The van der Waals surface area contributed by atoms with E-state index in [-0.39, 0.29) is 12.3 Å². The molecule has 0 bridgehead atoms. The molecule has 1 aliphatic rings. The van der Waals surface area contributed by atoms with Crippen molar-refractivity contribution in [1.82, 2.24) is 4.90 Å². The molecule has 1 aromatic carbocycles. The SMILES string of the molecule is O=C([O-])CCCN1C(=O)C(=Cc2ccccc2)SC1=S. The van der Waals surface area contributed by atoms with Crippen LogP contribution in [0.1, 0.15) is 18.4 Å². The van der Waals surface area contributed by atoms with E-state index in [2.05, 4.69) is 0 Å². The smallest absolute Gasteiger partial charge is 0.266 e. The molecule has 4 nitrogen and oxygen atoms in total. The maximum atomic E-state index is 12.2. The highest BCUT2D eigenvalue weighted by Gasteiger charge is 2.31. The number of benzene rings is 1. The van der Waals surface area contributed by atoms with Crippen LogP contribution < -0.4 is 5.11 Å². The molecule has 0 spiro atoms. The average Bonchev–Trinajstić information content (AvgIpc) is 2.67. The van der Waals surface area contributed by atoms with Crippen molar-refractivity contribution in [1.29, 1.82) is 0 Å². The van der Waals surface area contributed by atoms with Gasteiger partial charge in [0.2, 0.25) is 0 Å². The zero-order chi connectivity index (χ0) is 14.5. The van der Waals surface area contributed by atoms with E-state index in [4.69, 9.17) is 12.2 Å². The monoisotopic (exact) mass is 306 g/mol. The average molecular weight is 306 g/mol. The molecule has 0 saturated carbocycles. The van der Waals surface area contributed by atoms with Crippen molar-refractivity contribution >= 4 is 46.3 Å². The molecule has 0 N–H and O–H groups in total. The number of aliphatic carboxylic acids is 1. The van der Waals surface area contributed by atoms with E-state index in [1.165, 1.54) is 16.7 Å². The fraction of sp³-hybridized carbons (Fsp3) is 0.214. The van der Waals surface area contributed by atoms with Crippen LogP contribution in [-0.2, 0) is 9.59 Å². The van der Waals surface area contributed by atoms with Gasteiger partial charge in [0.1, 0.15) is 4.32 Å². The quantitative estimate of drug-likeness (QED) is 0.608. The van der Waals surface area contributed by atoms with Crippen molar-refractivity contribution in [2.75, 3.05) is 6.54 Å². The molecule has 0 unspecified atom stereocenters. The highest BCUT2D eigenvalue weighted by Crippen LogP contribution is 2.32. The Kier molecular flexibility index (Phi) is 4.92. The zero-order valence-corrected chi connectivity index (χ0v) is 12.2. The molecule has 1 aliphatic heterocycles. The van der Waals surface area contributed by atoms with E-state index in [1.54, 1.807) is 6.08 Å². The maximum Gasteiger partial charge on any atom is 0.266 e. The van der Waals surface area contributed by atoms with Crippen molar-refractivity contribution in [3.8, 4) is 0 Å². The highest BCUT2D eigenvalue weighted by atomic mass is 32.2. The number of thioether (sulfide) groups is 1. The standard InChI is InChI=1S/C14H13NO3S2/c16-12(17)7-4-8-15-13(18)11(20-14(15)19)9-10-5-2-1-3-6-10/h1-3,5-6,9H,4,7-8H2,(H,16,17)/p-1. The van der Waals surface area contributed by atoms with Gasteiger partial charge in [-0.2, -0.15) is 0 Å². The molecule has 1 saturated heterocycles. The third kappa shape index (κ3) is 3.68. The highest BCUT2D eigenvalue weighted by molar-refractivity contribution is 8.26. The Morgan fingerprint density at radius 1 is 1.35 bits per heavy atom. The molecule has 0 aromatic heterocycles. The lowest BCUT2D eigenvalue weighted by Gasteiger charge is -2.14. The summed E-state index contributed by atoms with van der Waals surface area (Å²) in [4.78, 5) is 24.6. The first-order valence-corrected chi connectivity index (χ1v) is 7.30. The number of rotatable bonds is 5. The van der Waals surface area contributed by atoms with Gasteiger partial charge in [0.15, 0.2) is 0 Å². The first-order chi connectivity index (χ1) is 9.58. The molecule has 1 fully saturated rings. The second-order valence-corrected chi connectivity index (χ2v) is 5.90. The van der Waals surface area contributed by atoms with Gasteiger partial charge in [0.05, 0.1) is 4.91 Å². The Labute approximate surface area is 126 Å².